The largest absolute Gasteiger partial charge is 0.490 e. The molecule has 1 aliphatic rings. The molecule has 0 fully saturated rings. The first-order chi connectivity index (χ1) is 18.8. The number of fused-ring (bicyclic) bond motifs is 1. The Balaban J connectivity index is 1.37. The lowest BCUT2D eigenvalue weighted by Gasteiger charge is -2.31. The van der Waals surface area contributed by atoms with E-state index in [2.05, 4.69) is 10.2 Å². The first-order valence-corrected chi connectivity index (χ1v) is 13.2. The molecule has 1 atom stereocenters. The van der Waals surface area contributed by atoms with Crippen LogP contribution in [0.1, 0.15) is 29.6 Å². The van der Waals surface area contributed by atoms with E-state index in [4.69, 9.17) is 38.4 Å². The highest BCUT2D eigenvalue weighted by molar-refractivity contribution is 6.40. The smallest absolute Gasteiger partial charge is 0.328 e. The quantitative estimate of drug-likeness (QED) is 0.256. The SMILES string of the molecule is COC(=O)[C@H](CCC(=O)CCN1CCOc2ccc(N)cc21)NC(=O)c1c(Cl)cc(-c2ccccc2)cc1Cl. The van der Waals surface area contributed by atoms with Gasteiger partial charge in [-0.05, 0) is 47.9 Å². The van der Waals surface area contributed by atoms with Crippen molar-refractivity contribution in [3.05, 3.63) is 76.3 Å². The Labute approximate surface area is 237 Å². The number of anilines is 2. The van der Waals surface area contributed by atoms with Crippen LogP contribution in [-0.4, -0.2) is 50.5 Å². The van der Waals surface area contributed by atoms with Crippen molar-refractivity contribution in [1.29, 1.82) is 0 Å². The zero-order valence-corrected chi connectivity index (χ0v) is 22.9. The number of carbonyl (C=O) groups is 3. The highest BCUT2D eigenvalue weighted by atomic mass is 35.5. The zero-order valence-electron chi connectivity index (χ0n) is 21.4. The molecule has 0 saturated heterocycles. The van der Waals surface area contributed by atoms with Gasteiger partial charge in [0, 0.05) is 25.1 Å². The number of hydrogen-bond acceptors (Lipinski definition) is 7. The number of methoxy groups -OCH3 is 1. The normalized spacial score (nSPS) is 13.2. The van der Waals surface area contributed by atoms with E-state index in [0.717, 1.165) is 22.6 Å². The third-order valence-corrected chi connectivity index (χ3v) is 7.08. The second-order valence-corrected chi connectivity index (χ2v) is 9.93. The predicted molar refractivity (Wildman–Crippen MR) is 153 cm³/mol. The number of carbonyl (C=O) groups excluding carboxylic acids is 3. The van der Waals surface area contributed by atoms with Crippen molar-refractivity contribution >= 4 is 52.2 Å². The number of Topliss-reactive ketones (excluding diaryl/α,β-unsaturated/α-hetero) is 1. The van der Waals surface area contributed by atoms with Gasteiger partial charge in [-0.15, -0.1) is 0 Å². The van der Waals surface area contributed by atoms with Crippen molar-refractivity contribution in [2.45, 2.75) is 25.3 Å². The highest BCUT2D eigenvalue weighted by Gasteiger charge is 2.26. The summed E-state index contributed by atoms with van der Waals surface area (Å²) in [5.74, 6) is -0.624. The van der Waals surface area contributed by atoms with Crippen LogP contribution in [0.4, 0.5) is 11.4 Å². The van der Waals surface area contributed by atoms with Crippen LogP contribution in [0.2, 0.25) is 10.0 Å². The number of nitrogens with two attached hydrogens (primary N) is 1. The standard InChI is InChI=1S/C29H29Cl2N3O5/c1-38-29(37)24(9-8-21(35)11-12-34-13-14-39-26-10-7-20(32)17-25(26)34)33-28(36)27-22(30)15-19(16-23(27)31)18-5-3-2-4-6-18/h2-7,10,15-17,24H,8-9,11-14,32H2,1H3,(H,33,36)/t24-/m0/s1. The van der Waals surface area contributed by atoms with E-state index in [1.807, 2.05) is 42.5 Å². The number of nitrogens with one attached hydrogen (secondary N) is 1. The van der Waals surface area contributed by atoms with Crippen molar-refractivity contribution < 1.29 is 23.9 Å². The number of hydrogen-bond donors (Lipinski definition) is 2. The highest BCUT2D eigenvalue weighted by Crippen LogP contribution is 2.34. The molecule has 0 saturated carbocycles. The van der Waals surface area contributed by atoms with Gasteiger partial charge in [0.15, 0.2) is 0 Å². The lowest BCUT2D eigenvalue weighted by Crippen LogP contribution is -2.42. The summed E-state index contributed by atoms with van der Waals surface area (Å²) in [6, 6.07) is 17.1. The number of amides is 1. The minimum atomic E-state index is -1.05. The molecule has 3 aromatic carbocycles. The minimum Gasteiger partial charge on any atom is -0.490 e. The number of nitrogen functional groups attached to an aromatic ring is 1. The number of ether oxygens (including phenoxy) is 2. The van der Waals surface area contributed by atoms with E-state index >= 15 is 0 Å². The molecule has 204 valence electrons. The average Bonchev–Trinajstić information content (AvgIpc) is 2.93. The van der Waals surface area contributed by atoms with Crippen LogP contribution in [-0.2, 0) is 14.3 Å². The molecule has 1 heterocycles. The Morgan fingerprint density at radius 2 is 1.74 bits per heavy atom. The van der Waals surface area contributed by atoms with Gasteiger partial charge >= 0.3 is 5.97 Å². The summed E-state index contributed by atoms with van der Waals surface area (Å²) in [6.45, 7) is 1.63. The Morgan fingerprint density at radius 3 is 2.44 bits per heavy atom. The zero-order chi connectivity index (χ0) is 27.9. The van der Waals surface area contributed by atoms with Crippen LogP contribution in [0.3, 0.4) is 0 Å². The molecule has 1 amide bonds. The lowest BCUT2D eigenvalue weighted by molar-refractivity contribution is -0.143. The van der Waals surface area contributed by atoms with Gasteiger partial charge in [0.2, 0.25) is 0 Å². The van der Waals surface area contributed by atoms with Crippen LogP contribution in [0.15, 0.2) is 60.7 Å². The fourth-order valence-electron chi connectivity index (χ4n) is 4.42. The predicted octanol–water partition coefficient (Wildman–Crippen LogP) is 5.15. The van der Waals surface area contributed by atoms with Crippen molar-refractivity contribution in [2.24, 2.45) is 0 Å². The maximum absolute atomic E-state index is 13.1. The Morgan fingerprint density at radius 1 is 1.03 bits per heavy atom. The Kier molecular flexibility index (Phi) is 9.32. The third-order valence-electron chi connectivity index (χ3n) is 6.48. The molecule has 0 bridgehead atoms. The van der Waals surface area contributed by atoms with E-state index in [1.165, 1.54) is 7.11 Å². The van der Waals surface area contributed by atoms with E-state index < -0.39 is 17.9 Å². The van der Waals surface area contributed by atoms with Gasteiger partial charge in [-0.2, -0.15) is 0 Å². The van der Waals surface area contributed by atoms with Gasteiger partial charge in [-0.3, -0.25) is 9.59 Å². The van der Waals surface area contributed by atoms with Gasteiger partial charge in [-0.25, -0.2) is 4.79 Å². The van der Waals surface area contributed by atoms with Crippen molar-refractivity contribution in [1.82, 2.24) is 5.32 Å². The fourth-order valence-corrected chi connectivity index (χ4v) is 5.08. The van der Waals surface area contributed by atoms with Crippen LogP contribution < -0.4 is 20.7 Å². The van der Waals surface area contributed by atoms with Crippen LogP contribution >= 0.6 is 23.2 Å². The van der Waals surface area contributed by atoms with Gasteiger partial charge in [0.05, 0.1) is 35.0 Å². The number of halogens is 2. The molecule has 3 aromatic rings. The first-order valence-electron chi connectivity index (χ1n) is 12.5. The maximum Gasteiger partial charge on any atom is 0.328 e. The van der Waals surface area contributed by atoms with Crippen LogP contribution in [0, 0.1) is 0 Å². The molecular weight excluding hydrogens is 541 g/mol. The minimum absolute atomic E-state index is 0.0449. The molecule has 0 radical (unpaired) electrons. The molecule has 0 aliphatic carbocycles. The second kappa shape index (κ2) is 12.9. The topological polar surface area (TPSA) is 111 Å². The number of ketones is 1. The fraction of sp³-hybridized carbons (Fsp3) is 0.276. The first kappa shape index (κ1) is 28.3. The molecule has 1 aliphatic heterocycles. The molecule has 39 heavy (non-hydrogen) atoms. The van der Waals surface area contributed by atoms with Crippen molar-refractivity contribution in [2.75, 3.05) is 37.4 Å². The summed E-state index contributed by atoms with van der Waals surface area (Å²) >= 11 is 12.9. The summed E-state index contributed by atoms with van der Waals surface area (Å²) in [5.41, 5.74) is 9.06. The summed E-state index contributed by atoms with van der Waals surface area (Å²) < 4.78 is 10.5. The van der Waals surface area contributed by atoms with Crippen molar-refractivity contribution in [3.8, 4) is 16.9 Å². The van der Waals surface area contributed by atoms with Crippen LogP contribution in [0.25, 0.3) is 11.1 Å². The number of rotatable bonds is 10. The van der Waals surface area contributed by atoms with Crippen LogP contribution in [0.5, 0.6) is 5.75 Å². The molecule has 3 N–H and O–H groups in total. The second-order valence-electron chi connectivity index (χ2n) is 9.12. The molecule has 10 heteroatoms. The molecule has 8 nitrogen and oxygen atoms in total. The summed E-state index contributed by atoms with van der Waals surface area (Å²) in [5, 5.41) is 2.92. The molecule has 4 rings (SSSR count). The maximum atomic E-state index is 13.1. The number of esters is 1. The van der Waals surface area contributed by atoms with E-state index in [1.54, 1.807) is 18.2 Å². The summed E-state index contributed by atoms with van der Waals surface area (Å²) in [6.07, 6.45) is 0.401. The van der Waals surface area contributed by atoms with Gasteiger partial charge in [0.25, 0.3) is 5.91 Å². The summed E-state index contributed by atoms with van der Waals surface area (Å²) in [7, 11) is 1.22. The van der Waals surface area contributed by atoms with E-state index in [9.17, 15) is 14.4 Å². The third kappa shape index (κ3) is 7.02. The van der Waals surface area contributed by atoms with Gasteiger partial charge in [-0.1, -0.05) is 53.5 Å². The number of nitrogens with zero attached hydrogens (tertiary/aromatic N) is 1. The molecule has 0 spiro atoms. The Hall–Kier alpha value is -3.75. The molecule has 0 unspecified atom stereocenters. The molecule has 0 aromatic heterocycles. The van der Waals surface area contributed by atoms with E-state index in [0.29, 0.717) is 25.4 Å². The van der Waals surface area contributed by atoms with Gasteiger partial charge in [0.1, 0.15) is 24.2 Å². The average molecular weight is 570 g/mol. The molecular formula is C29H29Cl2N3O5. The lowest BCUT2D eigenvalue weighted by atomic mass is 10.0. The van der Waals surface area contributed by atoms with E-state index in [-0.39, 0.29) is 40.7 Å². The van der Waals surface area contributed by atoms with Crippen molar-refractivity contribution in [3.63, 3.8) is 0 Å². The monoisotopic (exact) mass is 569 g/mol. The summed E-state index contributed by atoms with van der Waals surface area (Å²) in [4.78, 5) is 40.3. The number of benzene rings is 3. The Bertz CT molecular complexity index is 1340. The van der Waals surface area contributed by atoms with Gasteiger partial charge < -0.3 is 25.4 Å².